The number of morpholine rings is 1. The van der Waals surface area contributed by atoms with Crippen LogP contribution in [0.4, 0.5) is 5.69 Å². The van der Waals surface area contributed by atoms with E-state index in [4.69, 9.17) is 10.00 Å². The van der Waals surface area contributed by atoms with E-state index in [0.29, 0.717) is 12.1 Å². The lowest BCUT2D eigenvalue weighted by molar-refractivity contribution is -0.129. The van der Waals surface area contributed by atoms with Crippen LogP contribution < -0.4 is 10.2 Å². The predicted molar refractivity (Wildman–Crippen MR) is 71.8 cm³/mol. The molecule has 1 aromatic rings. The molecule has 0 aromatic heterocycles. The molecule has 0 radical (unpaired) electrons. The molecule has 1 aliphatic rings. The normalized spacial score (nSPS) is 19.3. The standard InChI is InChI=1S/C14H17N3O2/c1-16-7-6-13-9-17(14(18)10-19-13)12-4-2-11(8-15)3-5-12/h2-5,13,16H,6-7,9-10H2,1H3. The van der Waals surface area contributed by atoms with Gasteiger partial charge in [-0.1, -0.05) is 0 Å². The molecule has 1 unspecified atom stereocenters. The Labute approximate surface area is 112 Å². The minimum Gasteiger partial charge on any atom is -0.366 e. The first-order valence-electron chi connectivity index (χ1n) is 6.31. The van der Waals surface area contributed by atoms with Crippen LogP contribution in [0.3, 0.4) is 0 Å². The molecule has 2 rings (SSSR count). The Balaban J connectivity index is 2.07. The van der Waals surface area contributed by atoms with Crippen molar-refractivity contribution in [3.63, 3.8) is 0 Å². The van der Waals surface area contributed by atoms with Crippen LogP contribution >= 0.6 is 0 Å². The average Bonchev–Trinajstić information content (AvgIpc) is 2.46. The van der Waals surface area contributed by atoms with Crippen molar-refractivity contribution < 1.29 is 9.53 Å². The maximum atomic E-state index is 11.9. The highest BCUT2D eigenvalue weighted by Gasteiger charge is 2.26. The van der Waals surface area contributed by atoms with Crippen LogP contribution in [0.5, 0.6) is 0 Å². The molecule has 1 aromatic carbocycles. The smallest absolute Gasteiger partial charge is 0.253 e. The molecule has 0 bridgehead atoms. The molecule has 5 heteroatoms. The van der Waals surface area contributed by atoms with Crippen LogP contribution in [0.15, 0.2) is 24.3 Å². The van der Waals surface area contributed by atoms with Gasteiger partial charge in [0.25, 0.3) is 5.91 Å². The van der Waals surface area contributed by atoms with Crippen LogP contribution in [0, 0.1) is 11.3 Å². The maximum absolute atomic E-state index is 11.9. The van der Waals surface area contributed by atoms with Crippen molar-refractivity contribution in [1.82, 2.24) is 5.32 Å². The first-order chi connectivity index (χ1) is 9.24. The van der Waals surface area contributed by atoms with E-state index in [1.807, 2.05) is 7.05 Å². The predicted octanol–water partition coefficient (Wildman–Crippen LogP) is 0.900. The average molecular weight is 259 g/mol. The molecule has 0 saturated carbocycles. The van der Waals surface area contributed by atoms with Gasteiger partial charge in [-0.3, -0.25) is 4.79 Å². The number of nitriles is 1. The summed E-state index contributed by atoms with van der Waals surface area (Å²) < 4.78 is 5.51. The lowest BCUT2D eigenvalue weighted by Crippen LogP contribution is -2.47. The number of amides is 1. The first-order valence-corrected chi connectivity index (χ1v) is 6.31. The second-order valence-electron chi connectivity index (χ2n) is 4.49. The zero-order valence-electron chi connectivity index (χ0n) is 10.9. The Morgan fingerprint density at radius 2 is 2.21 bits per heavy atom. The molecular weight excluding hydrogens is 242 g/mol. The minimum atomic E-state index is -0.0367. The summed E-state index contributed by atoms with van der Waals surface area (Å²) in [7, 11) is 1.90. The van der Waals surface area contributed by atoms with Gasteiger partial charge >= 0.3 is 0 Å². The Morgan fingerprint density at radius 1 is 1.47 bits per heavy atom. The Bertz CT molecular complexity index is 478. The summed E-state index contributed by atoms with van der Waals surface area (Å²) in [5.74, 6) is -0.0367. The zero-order chi connectivity index (χ0) is 13.7. The van der Waals surface area contributed by atoms with Crippen LogP contribution in [-0.2, 0) is 9.53 Å². The van der Waals surface area contributed by atoms with Gasteiger partial charge in [-0.15, -0.1) is 0 Å². The number of rotatable bonds is 4. The Hall–Kier alpha value is -1.90. The molecule has 0 aliphatic carbocycles. The molecule has 1 fully saturated rings. The van der Waals surface area contributed by atoms with Crippen LogP contribution in [0.25, 0.3) is 0 Å². The Morgan fingerprint density at radius 3 is 2.84 bits per heavy atom. The molecule has 19 heavy (non-hydrogen) atoms. The minimum absolute atomic E-state index is 0.0367. The van der Waals surface area contributed by atoms with Crippen molar-refractivity contribution in [2.24, 2.45) is 0 Å². The van der Waals surface area contributed by atoms with E-state index < -0.39 is 0 Å². The fraction of sp³-hybridized carbons (Fsp3) is 0.429. The van der Waals surface area contributed by atoms with E-state index in [1.165, 1.54) is 0 Å². The highest BCUT2D eigenvalue weighted by atomic mass is 16.5. The van der Waals surface area contributed by atoms with Gasteiger partial charge in [0, 0.05) is 5.69 Å². The summed E-state index contributed by atoms with van der Waals surface area (Å²) in [5.41, 5.74) is 1.41. The highest BCUT2D eigenvalue weighted by molar-refractivity contribution is 5.95. The second kappa shape index (κ2) is 6.32. The third kappa shape index (κ3) is 3.31. The molecule has 1 heterocycles. The number of nitrogens with one attached hydrogen (secondary N) is 1. The lowest BCUT2D eigenvalue weighted by atomic mass is 10.1. The molecule has 1 saturated heterocycles. The number of benzene rings is 1. The van der Waals surface area contributed by atoms with Gasteiger partial charge in [0.1, 0.15) is 6.61 Å². The number of hydrogen-bond donors (Lipinski definition) is 1. The monoisotopic (exact) mass is 259 g/mol. The molecule has 1 N–H and O–H groups in total. The summed E-state index contributed by atoms with van der Waals surface area (Å²) in [5, 5.41) is 11.8. The van der Waals surface area contributed by atoms with E-state index in [2.05, 4.69) is 11.4 Å². The number of anilines is 1. The summed E-state index contributed by atoms with van der Waals surface area (Å²) in [4.78, 5) is 13.6. The molecule has 100 valence electrons. The van der Waals surface area contributed by atoms with E-state index in [1.54, 1.807) is 29.2 Å². The first kappa shape index (κ1) is 13.5. The van der Waals surface area contributed by atoms with E-state index in [9.17, 15) is 4.79 Å². The summed E-state index contributed by atoms with van der Waals surface area (Å²) in [6, 6.07) is 9.12. The fourth-order valence-corrected chi connectivity index (χ4v) is 2.07. The largest absolute Gasteiger partial charge is 0.366 e. The number of nitrogens with zero attached hydrogens (tertiary/aromatic N) is 2. The van der Waals surface area contributed by atoms with Gasteiger partial charge in [0.15, 0.2) is 0 Å². The van der Waals surface area contributed by atoms with E-state index in [-0.39, 0.29) is 18.6 Å². The van der Waals surface area contributed by atoms with Gasteiger partial charge in [0.05, 0.1) is 24.3 Å². The highest BCUT2D eigenvalue weighted by Crippen LogP contribution is 2.20. The molecule has 5 nitrogen and oxygen atoms in total. The van der Waals surface area contributed by atoms with Crippen molar-refractivity contribution in [3.8, 4) is 6.07 Å². The fourth-order valence-electron chi connectivity index (χ4n) is 2.07. The van der Waals surface area contributed by atoms with Gasteiger partial charge < -0.3 is 15.0 Å². The van der Waals surface area contributed by atoms with E-state index >= 15 is 0 Å². The van der Waals surface area contributed by atoms with Crippen molar-refractivity contribution in [2.75, 3.05) is 31.6 Å². The molecule has 1 amide bonds. The maximum Gasteiger partial charge on any atom is 0.253 e. The second-order valence-corrected chi connectivity index (χ2v) is 4.49. The molecule has 1 aliphatic heterocycles. The third-order valence-electron chi connectivity index (χ3n) is 3.15. The van der Waals surface area contributed by atoms with Crippen LogP contribution in [0.2, 0.25) is 0 Å². The Kier molecular flexibility index (Phi) is 4.50. The quantitative estimate of drug-likeness (QED) is 0.872. The van der Waals surface area contributed by atoms with Crippen molar-refractivity contribution in [3.05, 3.63) is 29.8 Å². The molecule has 1 atom stereocenters. The van der Waals surface area contributed by atoms with Crippen molar-refractivity contribution in [2.45, 2.75) is 12.5 Å². The van der Waals surface area contributed by atoms with Gasteiger partial charge in [-0.25, -0.2) is 0 Å². The summed E-state index contributed by atoms with van der Waals surface area (Å²) in [6.45, 7) is 1.54. The number of carbonyl (C=O) groups excluding carboxylic acids is 1. The summed E-state index contributed by atoms with van der Waals surface area (Å²) in [6.07, 6.45) is 0.928. The summed E-state index contributed by atoms with van der Waals surface area (Å²) >= 11 is 0. The van der Waals surface area contributed by atoms with Crippen molar-refractivity contribution in [1.29, 1.82) is 5.26 Å². The molecule has 0 spiro atoms. The van der Waals surface area contributed by atoms with Crippen LogP contribution in [-0.4, -0.2) is 38.8 Å². The van der Waals surface area contributed by atoms with E-state index in [0.717, 1.165) is 18.7 Å². The topological polar surface area (TPSA) is 65.4 Å². The number of carbonyl (C=O) groups is 1. The van der Waals surface area contributed by atoms with Gasteiger partial charge in [-0.2, -0.15) is 5.26 Å². The lowest BCUT2D eigenvalue weighted by Gasteiger charge is -2.32. The zero-order valence-corrected chi connectivity index (χ0v) is 10.9. The molecular formula is C14H17N3O2. The van der Waals surface area contributed by atoms with Crippen LogP contribution in [0.1, 0.15) is 12.0 Å². The van der Waals surface area contributed by atoms with Crippen molar-refractivity contribution >= 4 is 11.6 Å². The SMILES string of the molecule is CNCCC1CN(c2ccc(C#N)cc2)C(=O)CO1. The van der Waals surface area contributed by atoms with Gasteiger partial charge in [-0.05, 0) is 44.3 Å². The third-order valence-corrected chi connectivity index (χ3v) is 3.15. The van der Waals surface area contributed by atoms with Gasteiger partial charge in [0.2, 0.25) is 0 Å². The number of hydrogen-bond acceptors (Lipinski definition) is 4. The number of ether oxygens (including phenoxy) is 1.